The first kappa shape index (κ1) is 32.5. The molecular formula is C48H32N6. The van der Waals surface area contributed by atoms with Crippen LogP contribution in [0.15, 0.2) is 195 Å². The summed E-state index contributed by atoms with van der Waals surface area (Å²) in [5.74, 6) is 0. The summed E-state index contributed by atoms with van der Waals surface area (Å²) in [4.78, 5) is 27.9. The second-order valence-electron chi connectivity index (χ2n) is 12.9. The molecule has 6 nitrogen and oxygen atoms in total. The molecule has 54 heavy (non-hydrogen) atoms. The van der Waals surface area contributed by atoms with Gasteiger partial charge in [-0.3, -0.25) is 29.9 Å². The SMILES string of the molecule is c1ccc(-c2ccc(-c3ccc(-c4cccc(-c5ccccc5-c5cccc(-c6ccc(-c7ccc(-c8ccccn8)cn7)cn6)c5)c4)nc3)nc2)nc1. The Balaban J connectivity index is 0.945. The molecule has 0 fully saturated rings. The lowest BCUT2D eigenvalue weighted by atomic mass is 9.92. The molecule has 0 spiro atoms. The van der Waals surface area contributed by atoms with Crippen LogP contribution in [0.1, 0.15) is 0 Å². The molecule has 6 heterocycles. The van der Waals surface area contributed by atoms with Crippen LogP contribution in [0, 0.1) is 0 Å². The second kappa shape index (κ2) is 14.7. The van der Waals surface area contributed by atoms with Gasteiger partial charge in [0, 0.05) is 70.6 Å². The Kier molecular flexibility index (Phi) is 8.81. The van der Waals surface area contributed by atoms with Crippen LogP contribution in [-0.4, -0.2) is 29.9 Å². The maximum absolute atomic E-state index is 4.84. The third-order valence-corrected chi connectivity index (χ3v) is 9.43. The van der Waals surface area contributed by atoms with E-state index in [1.54, 1.807) is 12.4 Å². The smallest absolute Gasteiger partial charge is 0.0717 e. The van der Waals surface area contributed by atoms with E-state index in [0.29, 0.717) is 0 Å². The average Bonchev–Trinajstić information content (AvgIpc) is 3.27. The second-order valence-corrected chi connectivity index (χ2v) is 12.9. The predicted octanol–water partition coefficient (Wildman–Crippen LogP) is 11.4. The first-order valence-electron chi connectivity index (χ1n) is 17.7. The predicted molar refractivity (Wildman–Crippen MR) is 217 cm³/mol. The quantitative estimate of drug-likeness (QED) is 0.158. The highest BCUT2D eigenvalue weighted by Crippen LogP contribution is 2.36. The van der Waals surface area contributed by atoms with Gasteiger partial charge in [0.2, 0.25) is 0 Å². The fourth-order valence-electron chi connectivity index (χ4n) is 6.61. The number of aromatic nitrogens is 6. The lowest BCUT2D eigenvalue weighted by molar-refractivity contribution is 1.26. The normalized spacial score (nSPS) is 11.0. The Morgan fingerprint density at radius 2 is 0.556 bits per heavy atom. The van der Waals surface area contributed by atoms with Gasteiger partial charge in [-0.15, -0.1) is 0 Å². The van der Waals surface area contributed by atoms with Crippen molar-refractivity contribution in [3.8, 4) is 89.8 Å². The summed E-state index contributed by atoms with van der Waals surface area (Å²) in [7, 11) is 0. The minimum absolute atomic E-state index is 0.869. The van der Waals surface area contributed by atoms with Gasteiger partial charge in [0.05, 0.1) is 34.2 Å². The maximum Gasteiger partial charge on any atom is 0.0717 e. The van der Waals surface area contributed by atoms with Crippen molar-refractivity contribution in [1.29, 1.82) is 0 Å². The van der Waals surface area contributed by atoms with Gasteiger partial charge in [0.25, 0.3) is 0 Å². The zero-order valence-electron chi connectivity index (χ0n) is 29.2. The highest BCUT2D eigenvalue weighted by Gasteiger charge is 2.12. The van der Waals surface area contributed by atoms with Gasteiger partial charge in [-0.1, -0.05) is 72.8 Å². The summed E-state index contributed by atoms with van der Waals surface area (Å²) in [6.45, 7) is 0. The van der Waals surface area contributed by atoms with Crippen LogP contribution in [0.25, 0.3) is 89.8 Å². The molecule has 0 aliphatic carbocycles. The Labute approximate surface area is 313 Å². The van der Waals surface area contributed by atoms with Crippen LogP contribution in [0.3, 0.4) is 0 Å². The molecule has 9 rings (SSSR count). The maximum atomic E-state index is 4.84. The molecule has 0 atom stereocenters. The lowest BCUT2D eigenvalue weighted by Gasteiger charge is -2.13. The topological polar surface area (TPSA) is 77.3 Å². The van der Waals surface area contributed by atoms with Crippen molar-refractivity contribution in [3.05, 3.63) is 195 Å². The number of nitrogens with zero attached hydrogens (tertiary/aromatic N) is 6. The zero-order chi connectivity index (χ0) is 36.1. The van der Waals surface area contributed by atoms with Crippen LogP contribution in [0.4, 0.5) is 0 Å². The summed E-state index contributed by atoms with van der Waals surface area (Å²) in [5.41, 5.74) is 15.9. The molecule has 0 unspecified atom stereocenters. The Morgan fingerprint density at radius 1 is 0.222 bits per heavy atom. The zero-order valence-corrected chi connectivity index (χ0v) is 29.2. The summed E-state index contributed by atoms with van der Waals surface area (Å²) < 4.78 is 0. The summed E-state index contributed by atoms with van der Waals surface area (Å²) in [6, 6.07) is 53.8. The van der Waals surface area contributed by atoms with E-state index in [-0.39, 0.29) is 0 Å². The first-order chi connectivity index (χ1) is 26.7. The van der Waals surface area contributed by atoms with Crippen molar-refractivity contribution in [2.24, 2.45) is 0 Å². The van der Waals surface area contributed by atoms with E-state index < -0.39 is 0 Å². The summed E-state index contributed by atoms with van der Waals surface area (Å²) in [5, 5.41) is 0. The Bertz CT molecular complexity index is 2470. The minimum Gasteiger partial charge on any atom is -0.256 e. The fourth-order valence-corrected chi connectivity index (χ4v) is 6.61. The van der Waals surface area contributed by atoms with Crippen molar-refractivity contribution in [2.45, 2.75) is 0 Å². The molecule has 0 amide bonds. The van der Waals surface area contributed by atoms with Gasteiger partial charge in [-0.2, -0.15) is 0 Å². The average molecular weight is 693 g/mol. The van der Waals surface area contributed by atoms with Crippen LogP contribution < -0.4 is 0 Å². The van der Waals surface area contributed by atoms with Gasteiger partial charge < -0.3 is 0 Å². The van der Waals surface area contributed by atoms with E-state index in [2.05, 4.69) is 117 Å². The van der Waals surface area contributed by atoms with Crippen molar-refractivity contribution >= 4 is 0 Å². The van der Waals surface area contributed by atoms with E-state index in [9.17, 15) is 0 Å². The number of hydrogen-bond donors (Lipinski definition) is 0. The minimum atomic E-state index is 0.869. The number of hydrogen-bond acceptors (Lipinski definition) is 6. The molecule has 6 aromatic heterocycles. The van der Waals surface area contributed by atoms with Crippen LogP contribution in [0.5, 0.6) is 0 Å². The number of rotatable bonds is 8. The van der Waals surface area contributed by atoms with E-state index in [0.717, 1.165) is 89.8 Å². The molecule has 0 radical (unpaired) electrons. The summed E-state index contributed by atoms with van der Waals surface area (Å²) >= 11 is 0. The van der Waals surface area contributed by atoms with Gasteiger partial charge in [0.15, 0.2) is 0 Å². The molecule has 0 saturated heterocycles. The number of pyridine rings is 6. The molecule has 0 aliphatic rings. The van der Waals surface area contributed by atoms with Crippen molar-refractivity contribution in [1.82, 2.24) is 29.9 Å². The first-order valence-corrected chi connectivity index (χ1v) is 17.7. The fraction of sp³-hybridized carbons (Fsp3) is 0. The monoisotopic (exact) mass is 692 g/mol. The summed E-state index contributed by atoms with van der Waals surface area (Å²) in [6.07, 6.45) is 11.1. The van der Waals surface area contributed by atoms with Crippen LogP contribution in [-0.2, 0) is 0 Å². The van der Waals surface area contributed by atoms with Gasteiger partial charge in [-0.25, -0.2) is 0 Å². The largest absolute Gasteiger partial charge is 0.256 e. The lowest BCUT2D eigenvalue weighted by Crippen LogP contribution is -1.91. The Hall–Kier alpha value is -7.44. The van der Waals surface area contributed by atoms with E-state index >= 15 is 0 Å². The van der Waals surface area contributed by atoms with Crippen molar-refractivity contribution < 1.29 is 0 Å². The molecule has 0 N–H and O–H groups in total. The third-order valence-electron chi connectivity index (χ3n) is 9.43. The van der Waals surface area contributed by atoms with Crippen molar-refractivity contribution in [2.75, 3.05) is 0 Å². The van der Waals surface area contributed by atoms with Gasteiger partial charge >= 0.3 is 0 Å². The van der Waals surface area contributed by atoms with Crippen LogP contribution >= 0.6 is 0 Å². The van der Waals surface area contributed by atoms with Gasteiger partial charge in [0.1, 0.15) is 0 Å². The highest BCUT2D eigenvalue weighted by molar-refractivity contribution is 5.86. The highest BCUT2D eigenvalue weighted by atomic mass is 14.7. The molecule has 0 saturated carbocycles. The molecule has 3 aromatic carbocycles. The van der Waals surface area contributed by atoms with E-state index in [4.69, 9.17) is 9.97 Å². The third kappa shape index (κ3) is 6.79. The molecule has 0 aliphatic heterocycles. The van der Waals surface area contributed by atoms with Crippen molar-refractivity contribution in [3.63, 3.8) is 0 Å². The molecule has 9 aromatic rings. The standard InChI is InChI=1S/C48H32N6/c1-2-14-42(34-10-8-12-36(28-34)46-22-18-40(32-52-46)48-24-20-38(30-54-48)44-16-4-6-26-50-44)41(13-1)33-9-7-11-35(27-33)45-21-17-39(31-51-45)47-23-19-37(29-53-47)43-15-3-5-25-49-43/h1-32H. The molecule has 254 valence electrons. The molecule has 6 heteroatoms. The Morgan fingerprint density at radius 3 is 0.889 bits per heavy atom. The van der Waals surface area contributed by atoms with Gasteiger partial charge in [-0.05, 0) is 107 Å². The van der Waals surface area contributed by atoms with Crippen LogP contribution in [0.2, 0.25) is 0 Å². The number of benzene rings is 3. The van der Waals surface area contributed by atoms with E-state index in [1.807, 2.05) is 85.5 Å². The molecular weight excluding hydrogens is 661 g/mol. The molecule has 0 bridgehead atoms. The van der Waals surface area contributed by atoms with E-state index in [1.165, 1.54) is 0 Å².